The van der Waals surface area contributed by atoms with Crippen molar-refractivity contribution in [1.29, 1.82) is 0 Å². The number of aliphatic hydroxyl groups excluding tert-OH is 1. The molecule has 1 aromatic carbocycles. The monoisotopic (exact) mass is 325 g/mol. The van der Waals surface area contributed by atoms with Crippen LogP contribution in [0.2, 0.25) is 0 Å². The molecule has 0 bridgehead atoms. The molecular weight excluding hydrogens is 301 g/mol. The second kappa shape index (κ2) is 9.62. The van der Waals surface area contributed by atoms with Crippen molar-refractivity contribution in [2.75, 3.05) is 46.1 Å². The van der Waals surface area contributed by atoms with E-state index in [1.54, 1.807) is 18.2 Å². The lowest BCUT2D eigenvalue weighted by atomic mass is 10.2. The normalized spacial score (nSPS) is 20.2. The Morgan fingerprint density at radius 2 is 2.39 bits per heavy atom. The zero-order valence-corrected chi connectivity index (χ0v) is 13.2. The van der Waals surface area contributed by atoms with Crippen LogP contribution < -0.4 is 4.74 Å². The van der Waals surface area contributed by atoms with Gasteiger partial charge in [0.2, 0.25) is 0 Å². The number of hydrogen-bond acceptors (Lipinski definition) is 5. The Kier molecular flexibility index (Phi) is 7.48. The van der Waals surface area contributed by atoms with Gasteiger partial charge in [-0.25, -0.2) is 4.39 Å². The van der Waals surface area contributed by atoms with Crippen LogP contribution in [0.5, 0.6) is 5.75 Å². The smallest absolute Gasteiger partial charge is 0.126 e. The number of hydrogen-bond donors (Lipinski definition) is 1. The number of β-amino-alcohol motifs (C(OH)–C–C–N with tert-alkyl or cyclic N) is 1. The number of benzene rings is 1. The molecule has 1 heterocycles. The quantitative estimate of drug-likeness (QED) is 0.550. The molecule has 1 fully saturated rings. The van der Waals surface area contributed by atoms with Crippen LogP contribution in [-0.4, -0.2) is 68.3 Å². The predicted octanol–water partition coefficient (Wildman–Crippen LogP) is 1.47. The molecule has 0 radical (unpaired) electrons. The molecule has 1 saturated heterocycles. The molecule has 2 atom stereocenters. The molecular formula is C17H24FNO4. The van der Waals surface area contributed by atoms with Gasteiger partial charge in [0, 0.05) is 25.7 Å². The Morgan fingerprint density at radius 1 is 1.52 bits per heavy atom. The van der Waals surface area contributed by atoms with Crippen molar-refractivity contribution in [2.24, 2.45) is 0 Å². The van der Waals surface area contributed by atoms with Crippen LogP contribution in [0, 0.1) is 5.82 Å². The second-order valence-corrected chi connectivity index (χ2v) is 5.50. The molecule has 2 rings (SSSR count). The van der Waals surface area contributed by atoms with Gasteiger partial charge < -0.3 is 19.3 Å². The van der Waals surface area contributed by atoms with Gasteiger partial charge in [0.25, 0.3) is 0 Å². The lowest BCUT2D eigenvalue weighted by Gasteiger charge is -2.33. The molecule has 1 aromatic rings. The maximum absolute atomic E-state index is 13.1. The molecule has 5 nitrogen and oxygen atoms in total. The van der Waals surface area contributed by atoms with E-state index >= 15 is 0 Å². The van der Waals surface area contributed by atoms with Gasteiger partial charge in [-0.3, -0.25) is 4.90 Å². The van der Waals surface area contributed by atoms with Crippen molar-refractivity contribution in [2.45, 2.75) is 12.2 Å². The van der Waals surface area contributed by atoms with Gasteiger partial charge in [-0.2, -0.15) is 0 Å². The van der Waals surface area contributed by atoms with Gasteiger partial charge in [0.05, 0.1) is 25.9 Å². The molecule has 1 N–H and O–H groups in total. The molecule has 0 saturated carbocycles. The Hall–Kier alpha value is -1.47. The molecule has 0 amide bonds. The maximum atomic E-state index is 13.1. The third kappa shape index (κ3) is 6.66. The van der Waals surface area contributed by atoms with Gasteiger partial charge in [-0.05, 0) is 12.1 Å². The van der Waals surface area contributed by atoms with E-state index in [1.165, 1.54) is 12.1 Å². The van der Waals surface area contributed by atoms with Gasteiger partial charge in [-0.1, -0.05) is 12.1 Å². The van der Waals surface area contributed by atoms with E-state index in [0.29, 0.717) is 38.7 Å². The topological polar surface area (TPSA) is 51.2 Å². The minimum absolute atomic E-state index is 0.103. The highest BCUT2D eigenvalue weighted by Gasteiger charge is 2.23. The highest BCUT2D eigenvalue weighted by Crippen LogP contribution is 2.14. The summed E-state index contributed by atoms with van der Waals surface area (Å²) in [5, 5.41) is 9.94. The zero-order chi connectivity index (χ0) is 16.5. The Morgan fingerprint density at radius 3 is 3.17 bits per heavy atom. The molecule has 128 valence electrons. The number of aliphatic hydroxyl groups is 1. The summed E-state index contributed by atoms with van der Waals surface area (Å²) in [6, 6.07) is 6.05. The summed E-state index contributed by atoms with van der Waals surface area (Å²) in [6.07, 6.45) is 1.01. The SMILES string of the molecule is C=CCOC[C@H](O)CN1CCO[C@@H](COc2cccc(F)c2)C1. The van der Waals surface area contributed by atoms with E-state index in [0.717, 1.165) is 6.54 Å². The standard InChI is InChI=1S/C17H24FNO4/c1-2-7-21-12-15(20)10-19-6-8-22-17(11-19)13-23-16-5-3-4-14(18)9-16/h2-5,9,15,17,20H,1,6-8,10-13H2/t15-,17-/m1/s1. The Labute approximate surface area is 136 Å². The van der Waals surface area contributed by atoms with Gasteiger partial charge >= 0.3 is 0 Å². The van der Waals surface area contributed by atoms with E-state index in [-0.39, 0.29) is 18.5 Å². The first-order valence-electron chi connectivity index (χ1n) is 7.76. The lowest BCUT2D eigenvalue weighted by molar-refractivity contribution is -0.0636. The number of rotatable bonds is 9. The minimum atomic E-state index is -0.544. The fraction of sp³-hybridized carbons (Fsp3) is 0.529. The fourth-order valence-electron chi connectivity index (χ4n) is 2.43. The van der Waals surface area contributed by atoms with E-state index in [4.69, 9.17) is 14.2 Å². The van der Waals surface area contributed by atoms with Crippen molar-refractivity contribution in [3.05, 3.63) is 42.7 Å². The van der Waals surface area contributed by atoms with Crippen LogP contribution in [-0.2, 0) is 9.47 Å². The average molecular weight is 325 g/mol. The summed E-state index contributed by atoms with van der Waals surface area (Å²) in [4.78, 5) is 2.12. The summed E-state index contributed by atoms with van der Waals surface area (Å²) in [6.45, 7) is 7.16. The molecule has 0 aliphatic carbocycles. The van der Waals surface area contributed by atoms with Crippen LogP contribution in [0.1, 0.15) is 0 Å². The van der Waals surface area contributed by atoms with E-state index in [1.807, 2.05) is 0 Å². The zero-order valence-electron chi connectivity index (χ0n) is 13.2. The third-order valence-electron chi connectivity index (χ3n) is 3.47. The molecule has 6 heteroatoms. The lowest BCUT2D eigenvalue weighted by Crippen LogP contribution is -2.48. The van der Waals surface area contributed by atoms with E-state index in [2.05, 4.69) is 11.5 Å². The molecule has 0 spiro atoms. The van der Waals surface area contributed by atoms with Gasteiger partial charge in [0.1, 0.15) is 24.3 Å². The number of ether oxygens (including phenoxy) is 3. The van der Waals surface area contributed by atoms with Crippen molar-refractivity contribution < 1.29 is 23.7 Å². The highest BCUT2D eigenvalue weighted by molar-refractivity contribution is 5.22. The predicted molar refractivity (Wildman–Crippen MR) is 85.1 cm³/mol. The van der Waals surface area contributed by atoms with Crippen molar-refractivity contribution >= 4 is 0 Å². The number of halogens is 1. The molecule has 1 aliphatic rings. The first kappa shape index (κ1) is 17.9. The van der Waals surface area contributed by atoms with Crippen LogP contribution in [0.3, 0.4) is 0 Å². The molecule has 1 aliphatic heterocycles. The largest absolute Gasteiger partial charge is 0.491 e. The van der Waals surface area contributed by atoms with E-state index in [9.17, 15) is 9.50 Å². The molecule has 23 heavy (non-hydrogen) atoms. The maximum Gasteiger partial charge on any atom is 0.126 e. The van der Waals surface area contributed by atoms with Gasteiger partial charge in [0.15, 0.2) is 0 Å². The Balaban J connectivity index is 1.71. The summed E-state index contributed by atoms with van der Waals surface area (Å²) in [7, 11) is 0. The molecule has 0 aromatic heterocycles. The highest BCUT2D eigenvalue weighted by atomic mass is 19.1. The average Bonchev–Trinajstić information content (AvgIpc) is 2.54. The molecule has 0 unspecified atom stereocenters. The van der Waals surface area contributed by atoms with Crippen LogP contribution in [0.4, 0.5) is 4.39 Å². The summed E-state index contributed by atoms with van der Waals surface area (Å²) >= 11 is 0. The third-order valence-corrected chi connectivity index (χ3v) is 3.47. The Bertz CT molecular complexity index is 485. The summed E-state index contributed by atoms with van der Waals surface area (Å²) < 4.78 is 29.6. The van der Waals surface area contributed by atoms with Crippen LogP contribution in [0.25, 0.3) is 0 Å². The van der Waals surface area contributed by atoms with Crippen LogP contribution in [0.15, 0.2) is 36.9 Å². The summed E-state index contributed by atoms with van der Waals surface area (Å²) in [5.41, 5.74) is 0. The van der Waals surface area contributed by atoms with Gasteiger partial charge in [-0.15, -0.1) is 6.58 Å². The van der Waals surface area contributed by atoms with E-state index < -0.39 is 6.10 Å². The minimum Gasteiger partial charge on any atom is -0.491 e. The van der Waals surface area contributed by atoms with Crippen molar-refractivity contribution in [3.63, 3.8) is 0 Å². The summed E-state index contributed by atoms with van der Waals surface area (Å²) in [5.74, 6) is 0.167. The van der Waals surface area contributed by atoms with Crippen LogP contribution >= 0.6 is 0 Å². The fourth-order valence-corrected chi connectivity index (χ4v) is 2.43. The first-order chi connectivity index (χ1) is 11.2. The first-order valence-corrected chi connectivity index (χ1v) is 7.76. The number of nitrogens with zero attached hydrogens (tertiary/aromatic N) is 1. The van der Waals surface area contributed by atoms with Crippen molar-refractivity contribution in [1.82, 2.24) is 4.90 Å². The second-order valence-electron chi connectivity index (χ2n) is 5.50. The number of morpholine rings is 1. The van der Waals surface area contributed by atoms with Crippen molar-refractivity contribution in [3.8, 4) is 5.75 Å².